The molecule has 2 rings (SSSR count). The summed E-state index contributed by atoms with van der Waals surface area (Å²) >= 11 is 3.25. The number of carbonyl (C=O) groups excluding carboxylic acids is 1. The average Bonchev–Trinajstić information content (AvgIpc) is 3.07. The number of rotatable bonds is 11. The van der Waals surface area contributed by atoms with E-state index in [2.05, 4.69) is 47.0 Å². The van der Waals surface area contributed by atoms with Crippen molar-refractivity contribution in [3.63, 3.8) is 0 Å². The first kappa shape index (κ1) is 22.1. The van der Waals surface area contributed by atoms with Crippen molar-refractivity contribution in [2.75, 3.05) is 26.2 Å². The van der Waals surface area contributed by atoms with E-state index in [9.17, 15) is 4.79 Å². The smallest absolute Gasteiger partial charge is 0.233 e. The summed E-state index contributed by atoms with van der Waals surface area (Å²) in [5.74, 6) is 0.844. The van der Waals surface area contributed by atoms with Gasteiger partial charge in [-0.25, -0.2) is 9.97 Å². The quantitative estimate of drug-likeness (QED) is 0.342. The molecule has 150 valence electrons. The van der Waals surface area contributed by atoms with Crippen LogP contribution in [0.5, 0.6) is 0 Å². The summed E-state index contributed by atoms with van der Waals surface area (Å²) in [6.07, 6.45) is 3.12. The van der Waals surface area contributed by atoms with Crippen LogP contribution in [-0.2, 0) is 11.2 Å². The average molecular weight is 409 g/mol. The van der Waals surface area contributed by atoms with E-state index in [0.717, 1.165) is 66.5 Å². The van der Waals surface area contributed by atoms with Crippen LogP contribution in [0.15, 0.2) is 11.1 Å². The number of nitrogens with one attached hydrogen (secondary N) is 1. The Hall–Kier alpha value is -1.18. The highest BCUT2D eigenvalue weighted by Gasteiger charge is 2.18. The first-order valence-corrected chi connectivity index (χ1v) is 11.6. The van der Waals surface area contributed by atoms with E-state index in [1.165, 1.54) is 16.6 Å². The molecule has 0 aliphatic rings. The van der Waals surface area contributed by atoms with Gasteiger partial charge in [0.1, 0.15) is 15.7 Å². The van der Waals surface area contributed by atoms with Gasteiger partial charge in [0.2, 0.25) is 5.91 Å². The molecular weight excluding hydrogens is 376 g/mol. The monoisotopic (exact) mass is 408 g/mol. The minimum atomic E-state index is -0.171. The molecule has 0 spiro atoms. The van der Waals surface area contributed by atoms with Gasteiger partial charge >= 0.3 is 0 Å². The molecule has 0 aliphatic heterocycles. The zero-order valence-corrected chi connectivity index (χ0v) is 18.8. The molecule has 0 saturated heterocycles. The highest BCUT2D eigenvalue weighted by Crippen LogP contribution is 2.33. The molecule has 2 aromatic heterocycles. The maximum atomic E-state index is 12.5. The SMILES string of the molecule is CCc1cc2c(SC(C)C(=O)NCCCCN(CC)CC)nc(C)nc2s1. The maximum absolute atomic E-state index is 12.5. The van der Waals surface area contributed by atoms with E-state index in [-0.39, 0.29) is 11.2 Å². The van der Waals surface area contributed by atoms with Gasteiger partial charge in [-0.1, -0.05) is 32.5 Å². The number of thioether (sulfide) groups is 1. The fourth-order valence-electron chi connectivity index (χ4n) is 2.89. The molecule has 2 heterocycles. The van der Waals surface area contributed by atoms with E-state index < -0.39 is 0 Å². The Morgan fingerprint density at radius 1 is 1.26 bits per heavy atom. The summed E-state index contributed by atoms with van der Waals surface area (Å²) in [4.78, 5) is 26.3. The molecule has 1 N–H and O–H groups in total. The van der Waals surface area contributed by atoms with Crippen LogP contribution in [0.25, 0.3) is 10.2 Å². The van der Waals surface area contributed by atoms with Crippen LogP contribution in [0, 0.1) is 6.92 Å². The van der Waals surface area contributed by atoms with Gasteiger partial charge in [0.15, 0.2) is 0 Å². The number of thiophene rings is 1. The van der Waals surface area contributed by atoms with Gasteiger partial charge in [-0.15, -0.1) is 11.3 Å². The van der Waals surface area contributed by atoms with Crippen molar-refractivity contribution < 1.29 is 4.79 Å². The Morgan fingerprint density at radius 2 is 2.00 bits per heavy atom. The molecule has 1 unspecified atom stereocenters. The van der Waals surface area contributed by atoms with Crippen molar-refractivity contribution in [3.8, 4) is 0 Å². The van der Waals surface area contributed by atoms with Crippen molar-refractivity contribution in [1.29, 1.82) is 0 Å². The molecule has 0 fully saturated rings. The normalized spacial score (nSPS) is 12.7. The lowest BCUT2D eigenvalue weighted by Gasteiger charge is -2.17. The van der Waals surface area contributed by atoms with Crippen molar-refractivity contribution >= 4 is 39.2 Å². The Labute approximate surface area is 171 Å². The Morgan fingerprint density at radius 3 is 2.67 bits per heavy atom. The molecule has 0 radical (unpaired) electrons. The molecule has 1 atom stereocenters. The minimum absolute atomic E-state index is 0.0817. The third-order valence-electron chi connectivity index (χ3n) is 4.62. The van der Waals surface area contributed by atoms with E-state index in [4.69, 9.17) is 0 Å². The second-order valence-corrected chi connectivity index (χ2v) is 9.09. The van der Waals surface area contributed by atoms with Crippen LogP contribution in [0.1, 0.15) is 51.2 Å². The van der Waals surface area contributed by atoms with E-state index in [0.29, 0.717) is 0 Å². The molecule has 27 heavy (non-hydrogen) atoms. The standard InChI is InChI=1S/C20H32N4OS2/c1-6-16-13-17-19(22-15(5)23-20(17)27-16)26-14(4)18(25)21-11-9-10-12-24(7-2)8-3/h13-14H,6-12H2,1-5H3,(H,21,25). The fourth-order valence-corrected chi connectivity index (χ4v) is 4.96. The van der Waals surface area contributed by atoms with Crippen LogP contribution >= 0.6 is 23.1 Å². The number of unbranched alkanes of at least 4 members (excludes halogenated alkanes) is 1. The van der Waals surface area contributed by atoms with E-state index in [1.807, 2.05) is 13.8 Å². The number of aromatic nitrogens is 2. The lowest BCUT2D eigenvalue weighted by atomic mass is 10.3. The van der Waals surface area contributed by atoms with Gasteiger partial charge in [0.05, 0.1) is 5.25 Å². The number of nitrogens with zero attached hydrogens (tertiary/aromatic N) is 3. The third-order valence-corrected chi connectivity index (χ3v) is 6.90. The number of hydrogen-bond donors (Lipinski definition) is 1. The summed E-state index contributed by atoms with van der Waals surface area (Å²) in [5, 5.41) is 4.89. The van der Waals surface area contributed by atoms with Gasteiger partial charge in [0, 0.05) is 16.8 Å². The molecule has 0 bridgehead atoms. The summed E-state index contributed by atoms with van der Waals surface area (Å²) in [5.41, 5.74) is 0. The summed E-state index contributed by atoms with van der Waals surface area (Å²) in [7, 11) is 0. The van der Waals surface area contributed by atoms with Crippen LogP contribution < -0.4 is 5.32 Å². The lowest BCUT2D eigenvalue weighted by Crippen LogP contribution is -2.32. The van der Waals surface area contributed by atoms with Crippen molar-refractivity contribution in [2.45, 2.75) is 64.2 Å². The first-order chi connectivity index (χ1) is 13.0. The largest absolute Gasteiger partial charge is 0.355 e. The minimum Gasteiger partial charge on any atom is -0.355 e. The molecule has 7 heteroatoms. The van der Waals surface area contributed by atoms with Crippen LogP contribution in [0.4, 0.5) is 0 Å². The zero-order chi connectivity index (χ0) is 19.8. The molecular formula is C20H32N4OS2. The van der Waals surface area contributed by atoms with Gasteiger partial charge in [-0.05, 0) is 58.8 Å². The summed E-state index contributed by atoms with van der Waals surface area (Å²) in [6, 6.07) is 2.17. The molecule has 0 saturated carbocycles. The highest BCUT2D eigenvalue weighted by molar-refractivity contribution is 8.00. The predicted molar refractivity (Wildman–Crippen MR) is 117 cm³/mol. The second kappa shape index (κ2) is 11.0. The van der Waals surface area contributed by atoms with Gasteiger partial charge in [-0.3, -0.25) is 4.79 Å². The molecule has 0 aromatic carbocycles. The number of amides is 1. The highest BCUT2D eigenvalue weighted by atomic mass is 32.2. The molecule has 0 aliphatic carbocycles. The summed E-state index contributed by atoms with van der Waals surface area (Å²) < 4.78 is 0. The summed E-state index contributed by atoms with van der Waals surface area (Å²) in [6.45, 7) is 14.4. The fraction of sp³-hybridized carbons (Fsp3) is 0.650. The second-order valence-electron chi connectivity index (χ2n) is 6.65. The molecule has 2 aromatic rings. The van der Waals surface area contributed by atoms with Gasteiger partial charge in [-0.2, -0.15) is 0 Å². The topological polar surface area (TPSA) is 58.1 Å². The number of fused-ring (bicyclic) bond motifs is 1. The van der Waals surface area contributed by atoms with Crippen LogP contribution in [0.2, 0.25) is 0 Å². The van der Waals surface area contributed by atoms with Gasteiger partial charge in [0.25, 0.3) is 0 Å². The predicted octanol–water partition coefficient (Wildman–Crippen LogP) is 4.28. The third kappa shape index (κ3) is 6.43. The number of carbonyl (C=O) groups is 1. The first-order valence-electron chi connectivity index (χ1n) is 9.92. The Balaban J connectivity index is 1.87. The van der Waals surface area contributed by atoms with Gasteiger partial charge < -0.3 is 10.2 Å². The van der Waals surface area contributed by atoms with Crippen molar-refractivity contribution in [2.24, 2.45) is 0 Å². The maximum Gasteiger partial charge on any atom is 0.233 e. The number of hydrogen-bond acceptors (Lipinski definition) is 6. The van der Waals surface area contributed by atoms with E-state index in [1.54, 1.807) is 11.3 Å². The van der Waals surface area contributed by atoms with Crippen molar-refractivity contribution in [3.05, 3.63) is 16.8 Å². The molecule has 1 amide bonds. The lowest BCUT2D eigenvalue weighted by molar-refractivity contribution is -0.120. The number of aryl methyl sites for hydroxylation is 2. The van der Waals surface area contributed by atoms with E-state index >= 15 is 0 Å². The van der Waals surface area contributed by atoms with Crippen LogP contribution in [-0.4, -0.2) is 52.2 Å². The Bertz CT molecular complexity index is 743. The zero-order valence-electron chi connectivity index (χ0n) is 17.2. The molecule has 5 nitrogen and oxygen atoms in total. The van der Waals surface area contributed by atoms with Crippen molar-refractivity contribution in [1.82, 2.24) is 20.2 Å². The Kier molecular flexibility index (Phi) is 8.99. The van der Waals surface area contributed by atoms with Crippen LogP contribution in [0.3, 0.4) is 0 Å².